The first-order chi connectivity index (χ1) is 11.4. The molecular weight excluding hydrogens is 411 g/mol. The molecule has 0 aromatic heterocycles. The van der Waals surface area contributed by atoms with E-state index in [1.807, 2.05) is 13.8 Å². The molecule has 1 atom stereocenters. The summed E-state index contributed by atoms with van der Waals surface area (Å²) in [6, 6.07) is 0.365. The Morgan fingerprint density at radius 2 is 1.92 bits per heavy atom. The van der Waals surface area contributed by atoms with E-state index in [4.69, 9.17) is 10.5 Å². The van der Waals surface area contributed by atoms with E-state index in [9.17, 15) is 0 Å². The molecule has 0 aromatic rings. The van der Waals surface area contributed by atoms with Gasteiger partial charge in [0.15, 0.2) is 0 Å². The molecule has 1 aliphatic rings. The monoisotopic (exact) mass is 450 g/mol. The average molecular weight is 450 g/mol. The van der Waals surface area contributed by atoms with Gasteiger partial charge in [0.05, 0.1) is 0 Å². The summed E-state index contributed by atoms with van der Waals surface area (Å²) in [5.74, 6) is 1.01. The molecule has 0 aromatic carbocycles. The van der Waals surface area contributed by atoms with Crippen molar-refractivity contribution in [3.8, 4) is 0 Å². The first kappa shape index (κ1) is 23.7. The molecular formula is C20H39IN2O. The van der Waals surface area contributed by atoms with Crippen molar-refractivity contribution in [1.29, 1.82) is 0 Å². The molecule has 0 spiro atoms. The number of ether oxygens (including phenoxy) is 1. The van der Waals surface area contributed by atoms with Crippen LogP contribution in [0.2, 0.25) is 0 Å². The summed E-state index contributed by atoms with van der Waals surface area (Å²) in [5, 5.41) is 0. The van der Waals surface area contributed by atoms with Crippen LogP contribution in [0.25, 0.3) is 0 Å². The molecule has 1 aliphatic carbocycles. The van der Waals surface area contributed by atoms with E-state index in [2.05, 4.69) is 48.0 Å². The normalized spacial score (nSPS) is 16.7. The Kier molecular flexibility index (Phi) is 12.8. The number of methoxy groups -OCH3 is 1. The minimum atomic E-state index is -1.28. The van der Waals surface area contributed by atoms with Gasteiger partial charge >= 0.3 is 144 Å². The van der Waals surface area contributed by atoms with Crippen molar-refractivity contribution < 1.29 is 4.74 Å². The van der Waals surface area contributed by atoms with E-state index in [1.165, 1.54) is 17.6 Å². The van der Waals surface area contributed by atoms with Crippen LogP contribution in [-0.4, -0.2) is 34.8 Å². The van der Waals surface area contributed by atoms with Crippen LogP contribution in [0.4, 0.5) is 0 Å². The molecule has 1 unspecified atom stereocenters. The second-order valence-electron chi connectivity index (χ2n) is 5.91. The molecule has 0 aliphatic heterocycles. The molecule has 0 bridgehead atoms. The summed E-state index contributed by atoms with van der Waals surface area (Å²) < 4.78 is 9.74. The van der Waals surface area contributed by atoms with Crippen molar-refractivity contribution in [1.82, 2.24) is 3.11 Å². The van der Waals surface area contributed by atoms with Gasteiger partial charge in [0.1, 0.15) is 0 Å². The number of nitrogens with zero attached hydrogens (tertiary/aromatic N) is 1. The van der Waals surface area contributed by atoms with Crippen LogP contribution in [-0.2, 0) is 4.74 Å². The second-order valence-corrected chi connectivity index (χ2v) is 11.4. The Morgan fingerprint density at radius 3 is 2.46 bits per heavy atom. The summed E-state index contributed by atoms with van der Waals surface area (Å²) in [7, 11) is 4.04. The first-order valence-corrected chi connectivity index (χ1v) is 13.3. The minimum absolute atomic E-state index is 0.365. The Hall–Kier alpha value is -0.330. The number of hydrogen-bond acceptors (Lipinski definition) is 3. The Labute approximate surface area is 158 Å². The maximum atomic E-state index is 6.03. The van der Waals surface area contributed by atoms with E-state index in [1.54, 1.807) is 10.7 Å². The molecule has 0 amide bonds. The Balaban J connectivity index is 0.00000254. The third-order valence-electron chi connectivity index (χ3n) is 4.45. The van der Waals surface area contributed by atoms with Crippen LogP contribution >= 0.6 is 20.1 Å². The molecule has 3 nitrogen and oxygen atoms in total. The van der Waals surface area contributed by atoms with E-state index >= 15 is 0 Å². The molecule has 0 fully saturated rings. The van der Waals surface area contributed by atoms with Crippen LogP contribution < -0.4 is 5.73 Å². The van der Waals surface area contributed by atoms with Gasteiger partial charge in [-0.25, -0.2) is 0 Å². The predicted octanol–water partition coefficient (Wildman–Crippen LogP) is 5.67. The van der Waals surface area contributed by atoms with Crippen LogP contribution in [0.3, 0.4) is 0 Å². The summed E-state index contributed by atoms with van der Waals surface area (Å²) in [5.41, 5.74) is 8.75. The topological polar surface area (TPSA) is 38.5 Å². The maximum absolute atomic E-state index is 6.03. The summed E-state index contributed by atoms with van der Waals surface area (Å²) >= 11 is -1.28. The van der Waals surface area contributed by atoms with E-state index in [0.29, 0.717) is 6.04 Å². The van der Waals surface area contributed by atoms with Gasteiger partial charge in [-0.2, -0.15) is 0 Å². The molecule has 0 radical (unpaired) electrons. The van der Waals surface area contributed by atoms with Crippen molar-refractivity contribution in [2.24, 2.45) is 5.73 Å². The number of nitrogens with two attached hydrogens (primary N) is 1. The van der Waals surface area contributed by atoms with Crippen molar-refractivity contribution in [3.05, 3.63) is 32.6 Å². The first-order valence-electron chi connectivity index (χ1n) is 9.10. The van der Waals surface area contributed by atoms with E-state index in [-0.39, 0.29) is 0 Å². The van der Waals surface area contributed by atoms with Gasteiger partial charge in [-0.05, 0) is 0 Å². The molecule has 1 rings (SSSR count). The zero-order valence-corrected chi connectivity index (χ0v) is 19.2. The van der Waals surface area contributed by atoms with Crippen LogP contribution in [0.15, 0.2) is 32.6 Å². The van der Waals surface area contributed by atoms with Crippen LogP contribution in [0.1, 0.15) is 60.3 Å². The van der Waals surface area contributed by atoms with Gasteiger partial charge in [-0.3, -0.25) is 0 Å². The third-order valence-corrected chi connectivity index (χ3v) is 10.5. The van der Waals surface area contributed by atoms with Gasteiger partial charge in [-0.1, -0.05) is 13.8 Å². The molecule has 0 saturated carbocycles. The van der Waals surface area contributed by atoms with Crippen molar-refractivity contribution in [3.63, 3.8) is 0 Å². The number of halogens is 1. The zero-order chi connectivity index (χ0) is 18.7. The third kappa shape index (κ3) is 7.28. The Morgan fingerprint density at radius 1 is 1.29 bits per heavy atom. The van der Waals surface area contributed by atoms with Crippen LogP contribution in [0, 0.1) is 0 Å². The standard InChI is InChI=1S/C18H33IN2O.C2H6/c1-7-16(20)10-9-13-21(5)19(4)17-11-8-12-18(22-6)15(3)14(17)2;1-2/h8,12,16H,7,9-11,13,20H2,1-6H3;1-2H3. The van der Waals surface area contributed by atoms with Crippen molar-refractivity contribution in [2.75, 3.05) is 25.6 Å². The van der Waals surface area contributed by atoms with E-state index < -0.39 is 20.1 Å². The number of hydrogen-bond donors (Lipinski definition) is 1. The van der Waals surface area contributed by atoms with Gasteiger partial charge in [0.25, 0.3) is 0 Å². The molecule has 142 valence electrons. The SMILES string of the molecule is CC.CCC(N)CCCN(C)I(C)C1=C(C)C(C)=C(OC)C=CC1. The number of alkyl halides is 1. The van der Waals surface area contributed by atoms with Gasteiger partial charge in [0, 0.05) is 0 Å². The summed E-state index contributed by atoms with van der Waals surface area (Å²) in [6.45, 7) is 11.8. The summed E-state index contributed by atoms with van der Waals surface area (Å²) in [4.78, 5) is 2.46. The number of allylic oxidation sites excluding steroid dienone is 5. The van der Waals surface area contributed by atoms with Gasteiger partial charge in [-0.15, -0.1) is 0 Å². The molecule has 0 saturated heterocycles. The molecule has 0 heterocycles. The van der Waals surface area contributed by atoms with Crippen molar-refractivity contribution in [2.45, 2.75) is 66.3 Å². The summed E-state index contributed by atoms with van der Waals surface area (Å²) in [6.07, 6.45) is 8.86. The Bertz CT molecular complexity index is 455. The fourth-order valence-corrected chi connectivity index (χ4v) is 7.08. The average Bonchev–Trinajstić information content (AvgIpc) is 2.75. The molecule has 2 N–H and O–H groups in total. The van der Waals surface area contributed by atoms with Gasteiger partial charge in [0.2, 0.25) is 0 Å². The number of rotatable bonds is 8. The molecule has 4 heteroatoms. The molecule has 24 heavy (non-hydrogen) atoms. The second kappa shape index (κ2) is 13.0. The van der Waals surface area contributed by atoms with Crippen molar-refractivity contribution >= 4 is 20.1 Å². The van der Waals surface area contributed by atoms with Gasteiger partial charge < -0.3 is 0 Å². The van der Waals surface area contributed by atoms with E-state index in [0.717, 1.165) is 31.6 Å². The zero-order valence-electron chi connectivity index (χ0n) is 17.1. The van der Waals surface area contributed by atoms with Crippen LogP contribution in [0.5, 0.6) is 0 Å². The fourth-order valence-electron chi connectivity index (χ4n) is 2.55. The predicted molar refractivity (Wildman–Crippen MR) is 118 cm³/mol. The fraction of sp³-hybridized carbons (Fsp3) is 0.700. The quantitative estimate of drug-likeness (QED) is 0.294.